The lowest BCUT2D eigenvalue weighted by molar-refractivity contribution is -0.162. The van der Waals surface area contributed by atoms with Crippen LogP contribution in [0.15, 0.2) is 90.6 Å². The predicted octanol–water partition coefficient (Wildman–Crippen LogP) is 4.26. The number of nitrogens with zero attached hydrogens (tertiary/aromatic N) is 2. The van der Waals surface area contributed by atoms with Crippen molar-refractivity contribution in [2.24, 2.45) is 5.41 Å². The number of aliphatic carboxylic acids is 1. The third-order valence-corrected chi connectivity index (χ3v) is 6.94. The Kier molecular flexibility index (Phi) is 5.92. The van der Waals surface area contributed by atoms with Gasteiger partial charge < -0.3 is 14.7 Å². The van der Waals surface area contributed by atoms with Crippen LogP contribution >= 0.6 is 0 Å². The van der Waals surface area contributed by atoms with Crippen LogP contribution in [0.3, 0.4) is 0 Å². The molecule has 3 aromatic rings. The van der Waals surface area contributed by atoms with Crippen molar-refractivity contribution in [1.82, 2.24) is 9.88 Å². The van der Waals surface area contributed by atoms with Crippen LogP contribution in [0.2, 0.25) is 0 Å². The lowest BCUT2D eigenvalue weighted by atomic mass is 9.82. The van der Waals surface area contributed by atoms with Crippen LogP contribution in [0, 0.1) is 5.41 Å². The molecule has 2 aliphatic rings. The molecule has 7 nitrogen and oxygen atoms in total. The average molecular weight is 483 g/mol. The van der Waals surface area contributed by atoms with Gasteiger partial charge in [0.15, 0.2) is 6.10 Å². The topological polar surface area (TPSA) is 96.8 Å². The fraction of sp³-hybridized carbons (Fsp3) is 0.241. The summed E-state index contributed by atoms with van der Waals surface area (Å²) in [6.45, 7) is 3.81. The fourth-order valence-corrected chi connectivity index (χ4v) is 5.32. The molecule has 2 atom stereocenters. The molecule has 0 spiro atoms. The predicted molar refractivity (Wildman–Crippen MR) is 132 cm³/mol. The Balaban J connectivity index is 1.48. The van der Waals surface area contributed by atoms with Gasteiger partial charge in [-0.1, -0.05) is 80.6 Å². The van der Waals surface area contributed by atoms with E-state index in [1.165, 1.54) is 11.1 Å². The summed E-state index contributed by atoms with van der Waals surface area (Å²) in [5, 5.41) is 9.92. The first-order valence-corrected chi connectivity index (χ1v) is 11.8. The quantitative estimate of drug-likeness (QED) is 0.320. The van der Waals surface area contributed by atoms with Gasteiger partial charge in [-0.3, -0.25) is 9.78 Å². The Bertz CT molecular complexity index is 1300. The zero-order chi connectivity index (χ0) is 25.4. The van der Waals surface area contributed by atoms with E-state index in [9.17, 15) is 19.5 Å². The van der Waals surface area contributed by atoms with Crippen molar-refractivity contribution in [1.29, 1.82) is 0 Å². The molecule has 1 N–H and O–H groups in total. The number of aromatic nitrogens is 1. The highest BCUT2D eigenvalue weighted by molar-refractivity contribution is 6.25. The van der Waals surface area contributed by atoms with Crippen LogP contribution in [-0.2, 0) is 19.1 Å². The van der Waals surface area contributed by atoms with Gasteiger partial charge in [0.25, 0.3) is 5.91 Å². The molecule has 2 fully saturated rings. The summed E-state index contributed by atoms with van der Waals surface area (Å²) in [6, 6.07) is 22.5. The van der Waals surface area contributed by atoms with E-state index in [2.05, 4.69) is 4.98 Å². The highest BCUT2D eigenvalue weighted by Gasteiger charge is 2.62. The number of rotatable bonds is 6. The first-order valence-electron chi connectivity index (χ1n) is 11.8. The molecule has 2 saturated heterocycles. The molecule has 1 aromatic heterocycles. The van der Waals surface area contributed by atoms with Gasteiger partial charge in [-0.05, 0) is 35.1 Å². The number of carbonyl (C=O) groups excluding carboxylic acids is 2. The van der Waals surface area contributed by atoms with Crippen LogP contribution in [-0.4, -0.2) is 44.9 Å². The van der Waals surface area contributed by atoms with E-state index >= 15 is 0 Å². The third kappa shape index (κ3) is 3.96. The van der Waals surface area contributed by atoms with Crippen LogP contribution in [0.25, 0.3) is 5.57 Å². The maximum absolute atomic E-state index is 13.7. The second kappa shape index (κ2) is 9.07. The molecule has 0 aliphatic carbocycles. The van der Waals surface area contributed by atoms with Crippen molar-refractivity contribution in [3.63, 3.8) is 0 Å². The highest BCUT2D eigenvalue weighted by Crippen LogP contribution is 2.51. The van der Waals surface area contributed by atoms with Crippen molar-refractivity contribution in [3.8, 4) is 0 Å². The second-order valence-corrected chi connectivity index (χ2v) is 9.77. The number of β-lactam (4-membered cyclic amide) rings is 1. The van der Waals surface area contributed by atoms with E-state index in [-0.39, 0.29) is 16.8 Å². The third-order valence-electron chi connectivity index (χ3n) is 6.94. The Morgan fingerprint density at radius 2 is 1.56 bits per heavy atom. The monoisotopic (exact) mass is 482 g/mol. The number of benzene rings is 2. The molecule has 3 heterocycles. The number of pyridine rings is 1. The van der Waals surface area contributed by atoms with Gasteiger partial charge in [-0.25, -0.2) is 9.59 Å². The van der Waals surface area contributed by atoms with E-state index in [1.807, 2.05) is 74.5 Å². The Morgan fingerprint density at radius 3 is 2.08 bits per heavy atom. The Morgan fingerprint density at radius 1 is 0.972 bits per heavy atom. The molecule has 1 unspecified atom stereocenters. The molecule has 2 aromatic carbocycles. The number of hydrogen-bond donors (Lipinski definition) is 1. The summed E-state index contributed by atoms with van der Waals surface area (Å²) >= 11 is 0. The number of esters is 1. The molecule has 0 bridgehead atoms. The number of carboxylic acid groups (broad SMARTS) is 1. The molecule has 2 aliphatic heterocycles. The lowest BCUT2D eigenvalue weighted by Crippen LogP contribution is -2.58. The van der Waals surface area contributed by atoms with Gasteiger partial charge in [0, 0.05) is 6.20 Å². The average Bonchev–Trinajstić information content (AvgIpc) is 3.14. The van der Waals surface area contributed by atoms with Crippen molar-refractivity contribution in [3.05, 3.63) is 107 Å². The number of fused-ring (bicyclic) bond motifs is 1. The van der Waals surface area contributed by atoms with Gasteiger partial charge in [-0.2, -0.15) is 0 Å². The van der Waals surface area contributed by atoms with Crippen molar-refractivity contribution in [2.45, 2.75) is 38.5 Å². The maximum Gasteiger partial charge on any atom is 0.338 e. The Labute approximate surface area is 209 Å². The summed E-state index contributed by atoms with van der Waals surface area (Å²) in [7, 11) is 0. The number of carbonyl (C=O) groups is 3. The smallest absolute Gasteiger partial charge is 0.338 e. The number of amides is 1. The summed E-state index contributed by atoms with van der Waals surface area (Å²) in [6.07, 6.45) is 1.30. The summed E-state index contributed by atoms with van der Waals surface area (Å²) in [5.41, 5.74) is 1.33. The normalized spacial score (nSPS) is 21.5. The summed E-state index contributed by atoms with van der Waals surface area (Å²) in [4.78, 5) is 44.8. The van der Waals surface area contributed by atoms with Gasteiger partial charge >= 0.3 is 11.9 Å². The van der Waals surface area contributed by atoms with E-state index in [1.54, 1.807) is 18.2 Å². The molecular formula is C29H26N2O5. The van der Waals surface area contributed by atoms with Gasteiger partial charge in [0.1, 0.15) is 6.04 Å². The van der Waals surface area contributed by atoms with E-state index < -0.39 is 41.4 Å². The fourth-order valence-electron chi connectivity index (χ4n) is 5.32. The zero-order valence-corrected chi connectivity index (χ0v) is 20.0. The second-order valence-electron chi connectivity index (χ2n) is 9.77. The van der Waals surface area contributed by atoms with Crippen LogP contribution in [0.1, 0.15) is 43.2 Å². The van der Waals surface area contributed by atoms with Crippen LogP contribution in [0.5, 0.6) is 0 Å². The van der Waals surface area contributed by atoms with Gasteiger partial charge in [-0.15, -0.1) is 0 Å². The summed E-state index contributed by atoms with van der Waals surface area (Å²) < 4.78 is 6.09. The van der Waals surface area contributed by atoms with E-state index in [4.69, 9.17) is 4.74 Å². The molecular weight excluding hydrogens is 456 g/mol. The SMILES string of the molecule is CC1(C)CC2/C(=C(/C(=O)O)c3ccccn3)C(=O)N2[C@H]1C(=O)OC(c1ccccc1)c1ccccc1. The molecule has 5 rings (SSSR count). The molecule has 0 radical (unpaired) electrons. The van der Waals surface area contributed by atoms with E-state index in [0.29, 0.717) is 6.42 Å². The number of hydrogen-bond acceptors (Lipinski definition) is 5. The standard InChI is InChI=1S/C29H26N2O5/c1-29(2)17-21-23(22(27(33)34)20-15-9-10-16-30-20)26(32)31(21)25(29)28(35)36-24(18-11-5-3-6-12-18)19-13-7-4-8-14-19/h3-16,21,24-25H,17H2,1-2H3,(H,33,34)/b23-22-/t21?,25-/m0/s1. The van der Waals surface area contributed by atoms with Crippen molar-refractivity contribution < 1.29 is 24.2 Å². The minimum atomic E-state index is -1.21. The number of ether oxygens (including phenoxy) is 1. The van der Waals surface area contributed by atoms with Gasteiger partial charge in [0.2, 0.25) is 0 Å². The minimum Gasteiger partial charge on any atom is -0.478 e. The molecule has 36 heavy (non-hydrogen) atoms. The molecule has 1 amide bonds. The molecule has 0 saturated carbocycles. The maximum atomic E-state index is 13.7. The van der Waals surface area contributed by atoms with Crippen LogP contribution in [0.4, 0.5) is 0 Å². The van der Waals surface area contributed by atoms with Gasteiger partial charge in [0.05, 0.1) is 22.9 Å². The van der Waals surface area contributed by atoms with Crippen molar-refractivity contribution in [2.75, 3.05) is 0 Å². The highest BCUT2D eigenvalue weighted by atomic mass is 16.5. The molecule has 7 heteroatoms. The molecule has 182 valence electrons. The number of carboxylic acids is 1. The minimum absolute atomic E-state index is 0.113. The zero-order valence-electron chi connectivity index (χ0n) is 20.0. The van der Waals surface area contributed by atoms with Crippen molar-refractivity contribution >= 4 is 23.4 Å². The lowest BCUT2D eigenvalue weighted by Gasteiger charge is -2.41. The summed E-state index contributed by atoms with van der Waals surface area (Å²) in [5.74, 6) is -2.19. The Hall–Kier alpha value is -4.26. The largest absolute Gasteiger partial charge is 0.478 e. The first-order chi connectivity index (χ1) is 17.3. The van der Waals surface area contributed by atoms with Crippen LogP contribution < -0.4 is 0 Å². The van der Waals surface area contributed by atoms with E-state index in [0.717, 1.165) is 11.1 Å². The first kappa shape index (κ1) is 23.5.